The van der Waals surface area contributed by atoms with Crippen LogP contribution in [0.25, 0.3) is 0 Å². The molecule has 0 bridgehead atoms. The number of aryl methyl sites for hydroxylation is 1. The summed E-state index contributed by atoms with van der Waals surface area (Å²) in [5.74, 6) is 0.169. The molecule has 0 saturated heterocycles. The minimum atomic E-state index is -0.559. The summed E-state index contributed by atoms with van der Waals surface area (Å²) >= 11 is 0. The third-order valence-corrected chi connectivity index (χ3v) is 3.63. The predicted molar refractivity (Wildman–Crippen MR) is 88.8 cm³/mol. The maximum absolute atomic E-state index is 13.1. The average Bonchev–Trinajstić information content (AvgIpc) is 2.58. The molecule has 0 fully saturated rings. The molecule has 0 heterocycles. The van der Waals surface area contributed by atoms with Gasteiger partial charge >= 0.3 is 0 Å². The SMILES string of the molecule is CCc1ccc(OC(CC)C(=O)NCc2cccc(F)c2)cc1. The normalized spacial score (nSPS) is 11.8. The third kappa shape index (κ3) is 5.09. The van der Waals surface area contributed by atoms with E-state index in [9.17, 15) is 9.18 Å². The molecule has 122 valence electrons. The van der Waals surface area contributed by atoms with E-state index in [1.807, 2.05) is 31.2 Å². The molecule has 1 unspecified atom stereocenters. The molecular weight excluding hydrogens is 293 g/mol. The van der Waals surface area contributed by atoms with Gasteiger partial charge in [0.1, 0.15) is 11.6 Å². The van der Waals surface area contributed by atoms with E-state index in [2.05, 4.69) is 12.2 Å². The van der Waals surface area contributed by atoms with E-state index in [0.29, 0.717) is 12.2 Å². The van der Waals surface area contributed by atoms with E-state index >= 15 is 0 Å². The van der Waals surface area contributed by atoms with Gasteiger partial charge in [0.05, 0.1) is 0 Å². The van der Waals surface area contributed by atoms with Gasteiger partial charge in [0, 0.05) is 6.54 Å². The second-order valence-corrected chi connectivity index (χ2v) is 5.36. The highest BCUT2D eigenvalue weighted by molar-refractivity contribution is 5.81. The van der Waals surface area contributed by atoms with Gasteiger partial charge in [0.15, 0.2) is 6.10 Å². The molecule has 0 radical (unpaired) electrons. The number of nitrogens with one attached hydrogen (secondary N) is 1. The lowest BCUT2D eigenvalue weighted by Crippen LogP contribution is -2.37. The molecule has 1 N–H and O–H groups in total. The number of hydrogen-bond donors (Lipinski definition) is 1. The van der Waals surface area contributed by atoms with Crippen LogP contribution in [-0.2, 0) is 17.8 Å². The largest absolute Gasteiger partial charge is 0.481 e. The third-order valence-electron chi connectivity index (χ3n) is 3.63. The fraction of sp³-hybridized carbons (Fsp3) is 0.316. The first-order valence-corrected chi connectivity index (χ1v) is 7.90. The van der Waals surface area contributed by atoms with Crippen molar-refractivity contribution in [1.82, 2.24) is 5.32 Å². The number of amides is 1. The molecular formula is C19H22FNO2. The fourth-order valence-corrected chi connectivity index (χ4v) is 2.24. The number of carbonyl (C=O) groups excluding carboxylic acids is 1. The van der Waals surface area contributed by atoms with Gasteiger partial charge in [-0.25, -0.2) is 4.39 Å². The summed E-state index contributed by atoms with van der Waals surface area (Å²) in [5, 5.41) is 2.79. The first-order chi connectivity index (χ1) is 11.1. The summed E-state index contributed by atoms with van der Waals surface area (Å²) in [7, 11) is 0. The molecule has 1 amide bonds. The van der Waals surface area contributed by atoms with Crippen LogP contribution in [-0.4, -0.2) is 12.0 Å². The Balaban J connectivity index is 1.92. The Morgan fingerprint density at radius 2 is 1.87 bits per heavy atom. The van der Waals surface area contributed by atoms with Crippen molar-refractivity contribution in [3.05, 3.63) is 65.5 Å². The molecule has 0 aliphatic carbocycles. The molecule has 0 aliphatic rings. The van der Waals surface area contributed by atoms with Gasteiger partial charge in [-0.15, -0.1) is 0 Å². The minimum absolute atomic E-state index is 0.198. The molecule has 3 nitrogen and oxygen atoms in total. The number of carbonyl (C=O) groups is 1. The van der Waals surface area contributed by atoms with E-state index in [1.54, 1.807) is 12.1 Å². The highest BCUT2D eigenvalue weighted by atomic mass is 19.1. The first-order valence-electron chi connectivity index (χ1n) is 7.90. The molecule has 0 aliphatic heterocycles. The number of benzene rings is 2. The number of halogens is 1. The molecule has 0 spiro atoms. The molecule has 2 aromatic carbocycles. The summed E-state index contributed by atoms with van der Waals surface area (Å²) in [4.78, 5) is 12.2. The van der Waals surface area contributed by atoms with Crippen LogP contribution < -0.4 is 10.1 Å². The molecule has 2 rings (SSSR count). The van der Waals surface area contributed by atoms with Gasteiger partial charge in [-0.1, -0.05) is 38.1 Å². The van der Waals surface area contributed by atoms with Crippen molar-refractivity contribution >= 4 is 5.91 Å². The topological polar surface area (TPSA) is 38.3 Å². The Morgan fingerprint density at radius 3 is 2.48 bits per heavy atom. The summed E-state index contributed by atoms with van der Waals surface area (Å²) in [5.41, 5.74) is 1.95. The zero-order valence-corrected chi connectivity index (χ0v) is 13.5. The molecule has 4 heteroatoms. The summed E-state index contributed by atoms with van der Waals surface area (Å²) in [6.45, 7) is 4.27. The second-order valence-electron chi connectivity index (χ2n) is 5.36. The van der Waals surface area contributed by atoms with Crippen LogP contribution in [0, 0.1) is 5.82 Å². The van der Waals surface area contributed by atoms with Crippen molar-refractivity contribution in [2.45, 2.75) is 39.3 Å². The summed E-state index contributed by atoms with van der Waals surface area (Å²) in [6.07, 6.45) is 0.965. The lowest BCUT2D eigenvalue weighted by Gasteiger charge is -2.17. The molecule has 2 aromatic rings. The van der Waals surface area contributed by atoms with Gasteiger partial charge in [-0.05, 0) is 48.2 Å². The Hall–Kier alpha value is -2.36. The van der Waals surface area contributed by atoms with E-state index < -0.39 is 6.10 Å². The standard InChI is InChI=1S/C19H22FNO2/c1-3-14-8-10-17(11-9-14)23-18(4-2)19(22)21-13-15-6-5-7-16(20)12-15/h5-12,18H,3-4,13H2,1-2H3,(H,21,22). The number of ether oxygens (including phenoxy) is 1. The summed E-state index contributed by atoms with van der Waals surface area (Å²) < 4.78 is 18.9. The van der Waals surface area contributed by atoms with Gasteiger partial charge in [-0.2, -0.15) is 0 Å². The number of rotatable bonds is 7. The fourth-order valence-electron chi connectivity index (χ4n) is 2.24. The molecule has 1 atom stereocenters. The maximum atomic E-state index is 13.1. The lowest BCUT2D eigenvalue weighted by molar-refractivity contribution is -0.128. The smallest absolute Gasteiger partial charge is 0.261 e. The first kappa shape index (κ1) is 17.0. The van der Waals surface area contributed by atoms with Crippen LogP contribution in [0.4, 0.5) is 4.39 Å². The quantitative estimate of drug-likeness (QED) is 0.842. The zero-order valence-electron chi connectivity index (χ0n) is 13.5. The Morgan fingerprint density at radius 1 is 1.13 bits per heavy atom. The Bertz CT molecular complexity index is 640. The lowest BCUT2D eigenvalue weighted by atomic mass is 10.1. The zero-order chi connectivity index (χ0) is 16.7. The van der Waals surface area contributed by atoms with Crippen molar-refractivity contribution in [2.75, 3.05) is 0 Å². The highest BCUT2D eigenvalue weighted by Gasteiger charge is 2.18. The van der Waals surface area contributed by atoms with Crippen molar-refractivity contribution < 1.29 is 13.9 Å². The van der Waals surface area contributed by atoms with E-state index in [0.717, 1.165) is 12.0 Å². The number of hydrogen-bond acceptors (Lipinski definition) is 2. The van der Waals surface area contributed by atoms with Crippen LogP contribution in [0.1, 0.15) is 31.4 Å². The van der Waals surface area contributed by atoms with Gasteiger partial charge in [0.25, 0.3) is 5.91 Å². The van der Waals surface area contributed by atoms with Gasteiger partial charge in [-0.3, -0.25) is 4.79 Å². The van der Waals surface area contributed by atoms with Crippen LogP contribution in [0.15, 0.2) is 48.5 Å². The van der Waals surface area contributed by atoms with Gasteiger partial charge < -0.3 is 10.1 Å². The Kier molecular flexibility index (Phi) is 6.15. The monoisotopic (exact) mass is 315 g/mol. The highest BCUT2D eigenvalue weighted by Crippen LogP contribution is 2.15. The van der Waals surface area contributed by atoms with Crippen molar-refractivity contribution in [2.24, 2.45) is 0 Å². The van der Waals surface area contributed by atoms with E-state index in [-0.39, 0.29) is 18.3 Å². The van der Waals surface area contributed by atoms with Crippen LogP contribution in [0.3, 0.4) is 0 Å². The maximum Gasteiger partial charge on any atom is 0.261 e. The van der Waals surface area contributed by atoms with Crippen molar-refractivity contribution in [3.63, 3.8) is 0 Å². The Labute approximate surface area is 136 Å². The molecule has 23 heavy (non-hydrogen) atoms. The van der Waals surface area contributed by atoms with Crippen LogP contribution in [0.2, 0.25) is 0 Å². The molecule has 0 aromatic heterocycles. The average molecular weight is 315 g/mol. The van der Waals surface area contributed by atoms with E-state index in [4.69, 9.17) is 4.74 Å². The summed E-state index contributed by atoms with van der Waals surface area (Å²) in [6, 6.07) is 13.9. The molecule has 0 saturated carbocycles. The predicted octanol–water partition coefficient (Wildman–Crippen LogP) is 3.86. The van der Waals surface area contributed by atoms with E-state index in [1.165, 1.54) is 17.7 Å². The van der Waals surface area contributed by atoms with Crippen molar-refractivity contribution in [3.8, 4) is 5.75 Å². The van der Waals surface area contributed by atoms with Gasteiger partial charge in [0.2, 0.25) is 0 Å². The minimum Gasteiger partial charge on any atom is -0.481 e. The van der Waals surface area contributed by atoms with Crippen LogP contribution in [0.5, 0.6) is 5.75 Å². The van der Waals surface area contributed by atoms with Crippen molar-refractivity contribution in [1.29, 1.82) is 0 Å². The van der Waals surface area contributed by atoms with Crippen LogP contribution >= 0.6 is 0 Å². The second kappa shape index (κ2) is 8.32.